The molecule has 3 nitrogen and oxygen atoms in total. The maximum absolute atomic E-state index is 11.8. The predicted octanol–water partition coefficient (Wildman–Crippen LogP) is 3.49. The van der Waals surface area contributed by atoms with Crippen molar-refractivity contribution in [2.75, 3.05) is 6.26 Å². The number of amides is 1. The summed E-state index contributed by atoms with van der Waals surface area (Å²) in [5.74, 6) is -0.120. The number of thioether (sulfide) groups is 1. The summed E-state index contributed by atoms with van der Waals surface area (Å²) < 4.78 is 4.89. The molecule has 0 spiro atoms. The molecule has 2 rings (SSSR count). The summed E-state index contributed by atoms with van der Waals surface area (Å²) in [5.41, 5.74) is 1.63. The summed E-state index contributed by atoms with van der Waals surface area (Å²) in [4.78, 5) is 13.1. The number of nitrogens with one attached hydrogen (secondary N) is 1. The summed E-state index contributed by atoms with van der Waals surface area (Å²) in [5, 5.41) is 2.93. The lowest BCUT2D eigenvalue weighted by molar-refractivity contribution is 0.0939. The zero-order valence-corrected chi connectivity index (χ0v) is 11.2. The fourth-order valence-corrected chi connectivity index (χ4v) is 2.06. The Morgan fingerprint density at radius 3 is 2.56 bits per heavy atom. The first kappa shape index (κ1) is 12.8. The van der Waals surface area contributed by atoms with Gasteiger partial charge in [0.15, 0.2) is 0 Å². The Balaban J connectivity index is 2.02. The normalized spacial score (nSPS) is 12.1. The maximum Gasteiger partial charge on any atom is 0.255 e. The Hall–Kier alpha value is -1.68. The minimum Gasteiger partial charge on any atom is -0.472 e. The number of carbonyl (C=O) groups is 1. The fraction of sp³-hybridized carbons (Fsp3) is 0.214. The highest BCUT2D eigenvalue weighted by molar-refractivity contribution is 7.98. The molecule has 1 N–H and O–H groups in total. The Bertz CT molecular complexity index is 505. The van der Waals surface area contributed by atoms with Crippen LogP contribution in [-0.2, 0) is 0 Å². The van der Waals surface area contributed by atoms with Crippen molar-refractivity contribution in [1.29, 1.82) is 0 Å². The van der Waals surface area contributed by atoms with E-state index in [-0.39, 0.29) is 11.9 Å². The van der Waals surface area contributed by atoms with Gasteiger partial charge in [-0.25, -0.2) is 0 Å². The van der Waals surface area contributed by atoms with Crippen molar-refractivity contribution in [3.8, 4) is 0 Å². The number of rotatable bonds is 4. The average Bonchev–Trinajstić information content (AvgIpc) is 2.92. The van der Waals surface area contributed by atoms with Crippen molar-refractivity contribution >= 4 is 17.7 Å². The molecule has 1 aromatic carbocycles. The third kappa shape index (κ3) is 2.96. The zero-order chi connectivity index (χ0) is 13.0. The molecule has 18 heavy (non-hydrogen) atoms. The summed E-state index contributed by atoms with van der Waals surface area (Å²) >= 11 is 1.70. The summed E-state index contributed by atoms with van der Waals surface area (Å²) in [7, 11) is 0. The van der Waals surface area contributed by atoms with Gasteiger partial charge in [-0.15, -0.1) is 11.8 Å². The third-order valence-corrected chi connectivity index (χ3v) is 3.49. The van der Waals surface area contributed by atoms with Crippen molar-refractivity contribution in [3.05, 3.63) is 54.0 Å². The molecule has 0 fully saturated rings. The van der Waals surface area contributed by atoms with Gasteiger partial charge >= 0.3 is 0 Å². The lowest BCUT2D eigenvalue weighted by atomic mass is 10.1. The molecule has 0 saturated heterocycles. The highest BCUT2D eigenvalue weighted by Crippen LogP contribution is 2.19. The van der Waals surface area contributed by atoms with E-state index in [9.17, 15) is 4.79 Å². The van der Waals surface area contributed by atoms with Crippen LogP contribution in [0.25, 0.3) is 0 Å². The first-order valence-corrected chi connectivity index (χ1v) is 6.90. The van der Waals surface area contributed by atoms with Crippen molar-refractivity contribution in [2.45, 2.75) is 17.9 Å². The number of furan rings is 1. The minimum absolute atomic E-state index is 0.0247. The van der Waals surface area contributed by atoms with Crippen LogP contribution in [0, 0.1) is 0 Å². The molecular formula is C14H15NO2S. The fourth-order valence-electron chi connectivity index (χ4n) is 1.65. The van der Waals surface area contributed by atoms with E-state index in [1.807, 2.05) is 25.3 Å². The van der Waals surface area contributed by atoms with Crippen LogP contribution in [-0.4, -0.2) is 12.2 Å². The van der Waals surface area contributed by atoms with Crippen LogP contribution in [0.15, 0.2) is 52.2 Å². The first-order chi connectivity index (χ1) is 8.70. The Kier molecular flexibility index (Phi) is 4.10. The standard InChI is InChI=1S/C14H15NO2S/c1-10(11-3-5-13(18-2)6-4-11)15-14(16)12-7-8-17-9-12/h3-10H,1-2H3,(H,15,16)/t10-/m0/s1. The lowest BCUT2D eigenvalue weighted by Gasteiger charge is -2.14. The molecule has 0 aliphatic carbocycles. The predicted molar refractivity (Wildman–Crippen MR) is 72.8 cm³/mol. The molecule has 4 heteroatoms. The van der Waals surface area contributed by atoms with Crippen LogP contribution in [0.1, 0.15) is 28.9 Å². The first-order valence-electron chi connectivity index (χ1n) is 5.67. The van der Waals surface area contributed by atoms with Gasteiger partial charge in [0.1, 0.15) is 6.26 Å². The number of benzene rings is 1. The van der Waals surface area contributed by atoms with Crippen LogP contribution >= 0.6 is 11.8 Å². The molecule has 0 saturated carbocycles. The van der Waals surface area contributed by atoms with Gasteiger partial charge in [-0.3, -0.25) is 4.79 Å². The van der Waals surface area contributed by atoms with E-state index >= 15 is 0 Å². The largest absolute Gasteiger partial charge is 0.472 e. The minimum atomic E-state index is -0.120. The average molecular weight is 261 g/mol. The van der Waals surface area contributed by atoms with Crippen LogP contribution in [0.2, 0.25) is 0 Å². The molecule has 2 aromatic rings. The molecule has 0 aliphatic rings. The van der Waals surface area contributed by atoms with E-state index in [0.29, 0.717) is 5.56 Å². The van der Waals surface area contributed by atoms with E-state index in [0.717, 1.165) is 5.56 Å². The van der Waals surface area contributed by atoms with Gasteiger partial charge in [-0.2, -0.15) is 0 Å². The SMILES string of the molecule is CSc1ccc([C@H](C)NC(=O)c2ccoc2)cc1. The smallest absolute Gasteiger partial charge is 0.255 e. The van der Waals surface area contributed by atoms with Crippen LogP contribution < -0.4 is 5.32 Å². The van der Waals surface area contributed by atoms with Crippen molar-refractivity contribution < 1.29 is 9.21 Å². The van der Waals surface area contributed by atoms with E-state index in [2.05, 4.69) is 17.4 Å². The van der Waals surface area contributed by atoms with Gasteiger partial charge in [0.2, 0.25) is 0 Å². The number of carbonyl (C=O) groups excluding carboxylic acids is 1. The second-order valence-electron chi connectivity index (χ2n) is 3.98. The van der Waals surface area contributed by atoms with Gasteiger partial charge in [0, 0.05) is 4.90 Å². The molecule has 0 bridgehead atoms. The number of hydrogen-bond acceptors (Lipinski definition) is 3. The Morgan fingerprint density at radius 2 is 2.00 bits per heavy atom. The summed E-state index contributed by atoms with van der Waals surface area (Å²) in [6, 6.07) is 9.81. The van der Waals surface area contributed by atoms with E-state index in [1.165, 1.54) is 17.4 Å². The van der Waals surface area contributed by atoms with Gasteiger partial charge < -0.3 is 9.73 Å². The van der Waals surface area contributed by atoms with Crippen LogP contribution in [0.3, 0.4) is 0 Å². The molecule has 0 radical (unpaired) electrons. The van der Waals surface area contributed by atoms with Crippen molar-refractivity contribution in [1.82, 2.24) is 5.32 Å². The Morgan fingerprint density at radius 1 is 1.28 bits per heavy atom. The van der Waals surface area contributed by atoms with Gasteiger partial charge in [0.05, 0.1) is 17.9 Å². The molecular weight excluding hydrogens is 246 g/mol. The summed E-state index contributed by atoms with van der Waals surface area (Å²) in [6.45, 7) is 1.96. The molecule has 0 aliphatic heterocycles. The highest BCUT2D eigenvalue weighted by atomic mass is 32.2. The van der Waals surface area contributed by atoms with E-state index in [4.69, 9.17) is 4.42 Å². The quantitative estimate of drug-likeness (QED) is 0.857. The van der Waals surface area contributed by atoms with Crippen molar-refractivity contribution in [2.24, 2.45) is 0 Å². The second-order valence-corrected chi connectivity index (χ2v) is 4.86. The van der Waals surface area contributed by atoms with Gasteiger partial charge in [-0.05, 0) is 36.9 Å². The molecule has 1 amide bonds. The topological polar surface area (TPSA) is 42.2 Å². The lowest BCUT2D eigenvalue weighted by Crippen LogP contribution is -2.26. The van der Waals surface area contributed by atoms with E-state index in [1.54, 1.807) is 17.8 Å². The molecule has 1 heterocycles. The monoisotopic (exact) mass is 261 g/mol. The Labute approximate surface area is 111 Å². The second kappa shape index (κ2) is 5.78. The molecule has 1 atom stereocenters. The third-order valence-electron chi connectivity index (χ3n) is 2.75. The van der Waals surface area contributed by atoms with Crippen LogP contribution in [0.5, 0.6) is 0 Å². The van der Waals surface area contributed by atoms with E-state index < -0.39 is 0 Å². The van der Waals surface area contributed by atoms with Gasteiger partial charge in [0.25, 0.3) is 5.91 Å². The van der Waals surface area contributed by atoms with Crippen LogP contribution in [0.4, 0.5) is 0 Å². The zero-order valence-electron chi connectivity index (χ0n) is 10.3. The number of hydrogen-bond donors (Lipinski definition) is 1. The van der Waals surface area contributed by atoms with Gasteiger partial charge in [-0.1, -0.05) is 12.1 Å². The summed E-state index contributed by atoms with van der Waals surface area (Å²) in [6.07, 6.45) is 4.98. The molecule has 94 valence electrons. The molecule has 1 aromatic heterocycles. The van der Waals surface area contributed by atoms with Crippen molar-refractivity contribution in [3.63, 3.8) is 0 Å². The molecule has 0 unspecified atom stereocenters. The maximum atomic E-state index is 11.8. The highest BCUT2D eigenvalue weighted by Gasteiger charge is 2.12.